The van der Waals surface area contributed by atoms with Crippen LogP contribution in [0.25, 0.3) is 0 Å². The first kappa shape index (κ1) is 17.3. The van der Waals surface area contributed by atoms with E-state index in [-0.39, 0.29) is 17.2 Å². The van der Waals surface area contributed by atoms with E-state index in [1.807, 2.05) is 6.92 Å². The second kappa shape index (κ2) is 6.86. The fourth-order valence-electron chi connectivity index (χ4n) is 4.67. The summed E-state index contributed by atoms with van der Waals surface area (Å²) < 4.78 is 2.10. The van der Waals surface area contributed by atoms with Crippen LogP contribution in [0.1, 0.15) is 54.9 Å². The van der Waals surface area contributed by atoms with Crippen molar-refractivity contribution in [2.75, 3.05) is 6.54 Å². The van der Waals surface area contributed by atoms with Crippen molar-refractivity contribution in [2.45, 2.75) is 64.3 Å². The predicted octanol–water partition coefficient (Wildman–Crippen LogP) is 3.09. The molecule has 1 aliphatic heterocycles. The lowest BCUT2D eigenvalue weighted by Gasteiger charge is -2.32. The van der Waals surface area contributed by atoms with Crippen molar-refractivity contribution < 1.29 is 4.79 Å². The topological polar surface area (TPSA) is 59.8 Å². The lowest BCUT2D eigenvalue weighted by Crippen LogP contribution is -2.43. The molecule has 0 radical (unpaired) electrons. The van der Waals surface area contributed by atoms with Gasteiger partial charge in [0, 0.05) is 24.9 Å². The number of rotatable bonds is 4. The van der Waals surface area contributed by atoms with E-state index in [0.717, 1.165) is 43.9 Å². The van der Waals surface area contributed by atoms with E-state index < -0.39 is 0 Å². The number of nitrogens with zero attached hydrogens (tertiary/aromatic N) is 3. The molecule has 1 unspecified atom stereocenters. The molecule has 1 aromatic carbocycles. The van der Waals surface area contributed by atoms with E-state index in [1.54, 1.807) is 0 Å². The van der Waals surface area contributed by atoms with Crippen molar-refractivity contribution in [1.82, 2.24) is 20.1 Å². The van der Waals surface area contributed by atoms with Crippen LogP contribution in [-0.4, -0.2) is 27.2 Å². The van der Waals surface area contributed by atoms with Crippen LogP contribution in [0, 0.1) is 19.8 Å². The van der Waals surface area contributed by atoms with E-state index in [1.165, 1.54) is 24.0 Å². The molecule has 1 aromatic heterocycles. The molecule has 4 rings (SSSR count). The Bertz CT molecular complexity index is 804. The molecule has 138 valence electrons. The highest BCUT2D eigenvalue weighted by Gasteiger charge is 2.37. The van der Waals surface area contributed by atoms with Gasteiger partial charge in [-0.15, -0.1) is 10.2 Å². The molecule has 1 amide bonds. The second-order valence-corrected chi connectivity index (χ2v) is 8.08. The van der Waals surface area contributed by atoms with Gasteiger partial charge in [-0.3, -0.25) is 4.79 Å². The molecule has 5 nitrogen and oxygen atoms in total. The predicted molar refractivity (Wildman–Crippen MR) is 101 cm³/mol. The summed E-state index contributed by atoms with van der Waals surface area (Å²) in [5, 5.41) is 11.6. The van der Waals surface area contributed by atoms with Gasteiger partial charge in [-0.1, -0.05) is 42.7 Å². The third-order valence-corrected chi connectivity index (χ3v) is 6.29. The highest BCUT2D eigenvalue weighted by molar-refractivity contribution is 5.78. The summed E-state index contributed by atoms with van der Waals surface area (Å²) in [6.45, 7) is 5.56. The summed E-state index contributed by atoms with van der Waals surface area (Å²) in [5.74, 6) is 2.12. The van der Waals surface area contributed by atoms with Crippen molar-refractivity contribution in [3.05, 3.63) is 47.0 Å². The largest absolute Gasteiger partial charge is 0.355 e. The molecule has 0 saturated heterocycles. The van der Waals surface area contributed by atoms with E-state index in [9.17, 15) is 4.79 Å². The zero-order valence-corrected chi connectivity index (χ0v) is 15.8. The maximum atomic E-state index is 12.9. The average Bonchev–Trinajstić information content (AvgIpc) is 3.28. The van der Waals surface area contributed by atoms with Crippen molar-refractivity contribution in [3.63, 3.8) is 0 Å². The molecular formula is C21H28N4O. The normalized spacial score (nSPS) is 21.4. The van der Waals surface area contributed by atoms with Crippen LogP contribution in [0.4, 0.5) is 0 Å². The maximum Gasteiger partial charge on any atom is 0.224 e. The molecule has 1 saturated carbocycles. The molecule has 2 aromatic rings. The van der Waals surface area contributed by atoms with Crippen molar-refractivity contribution in [2.24, 2.45) is 5.92 Å². The van der Waals surface area contributed by atoms with Crippen LogP contribution in [0.3, 0.4) is 0 Å². The summed E-state index contributed by atoms with van der Waals surface area (Å²) in [6, 6.07) is 8.82. The Morgan fingerprint density at radius 2 is 2.08 bits per heavy atom. The number of fused-ring (bicyclic) bond motifs is 1. The van der Waals surface area contributed by atoms with Crippen LogP contribution in [-0.2, 0) is 23.2 Å². The van der Waals surface area contributed by atoms with Gasteiger partial charge in [0.25, 0.3) is 0 Å². The summed E-state index contributed by atoms with van der Waals surface area (Å²) in [4.78, 5) is 12.9. The van der Waals surface area contributed by atoms with E-state index in [0.29, 0.717) is 6.54 Å². The second-order valence-electron chi connectivity index (χ2n) is 8.08. The molecule has 0 spiro atoms. The minimum Gasteiger partial charge on any atom is -0.355 e. The number of hydrogen-bond acceptors (Lipinski definition) is 3. The van der Waals surface area contributed by atoms with Crippen LogP contribution in [0.15, 0.2) is 24.3 Å². The Hall–Kier alpha value is -2.17. The van der Waals surface area contributed by atoms with E-state index in [2.05, 4.69) is 51.3 Å². The maximum absolute atomic E-state index is 12.9. The van der Waals surface area contributed by atoms with Gasteiger partial charge >= 0.3 is 0 Å². The van der Waals surface area contributed by atoms with Crippen LogP contribution < -0.4 is 5.32 Å². The zero-order chi connectivity index (χ0) is 18.1. The van der Waals surface area contributed by atoms with Gasteiger partial charge in [0.15, 0.2) is 0 Å². The fourth-order valence-corrected chi connectivity index (χ4v) is 4.67. The highest BCUT2D eigenvalue weighted by Crippen LogP contribution is 2.41. The first-order valence-corrected chi connectivity index (χ1v) is 9.81. The van der Waals surface area contributed by atoms with Crippen molar-refractivity contribution in [1.29, 1.82) is 0 Å². The quantitative estimate of drug-likeness (QED) is 0.920. The standard InChI is InChI=1S/C21H28N4O/c1-15-6-5-7-18(12-15)21(10-3-4-11-21)14-22-20(26)17-8-9-19-24-23-16(2)25(19)13-17/h5-7,12,17H,3-4,8-11,13-14H2,1-2H3,(H,22,26). The molecule has 26 heavy (non-hydrogen) atoms. The van der Waals surface area contributed by atoms with Gasteiger partial charge < -0.3 is 9.88 Å². The Kier molecular flexibility index (Phi) is 4.55. The van der Waals surface area contributed by atoms with E-state index >= 15 is 0 Å². The molecule has 0 bridgehead atoms. The van der Waals surface area contributed by atoms with Gasteiger partial charge in [0.2, 0.25) is 5.91 Å². The number of benzene rings is 1. The number of carbonyl (C=O) groups excluding carboxylic acids is 1. The van der Waals surface area contributed by atoms with Gasteiger partial charge in [-0.2, -0.15) is 0 Å². The number of hydrogen-bond donors (Lipinski definition) is 1. The fraction of sp³-hybridized carbons (Fsp3) is 0.571. The monoisotopic (exact) mass is 352 g/mol. The molecule has 1 atom stereocenters. The molecule has 1 N–H and O–H groups in total. The number of carbonyl (C=O) groups is 1. The molecule has 5 heteroatoms. The lowest BCUT2D eigenvalue weighted by molar-refractivity contribution is -0.126. The Labute approximate surface area is 155 Å². The first-order valence-electron chi connectivity index (χ1n) is 9.81. The summed E-state index contributed by atoms with van der Waals surface area (Å²) in [7, 11) is 0. The van der Waals surface area contributed by atoms with Gasteiger partial charge in [0.1, 0.15) is 11.6 Å². The molecule has 2 heterocycles. The molecule has 1 aliphatic carbocycles. The van der Waals surface area contributed by atoms with Crippen LogP contribution in [0.2, 0.25) is 0 Å². The minimum absolute atomic E-state index is 0.0214. The van der Waals surface area contributed by atoms with E-state index in [4.69, 9.17) is 0 Å². The SMILES string of the molecule is Cc1cccc(C2(CNC(=O)C3CCc4nnc(C)n4C3)CCCC2)c1. The zero-order valence-electron chi connectivity index (χ0n) is 15.8. The Morgan fingerprint density at radius 3 is 2.85 bits per heavy atom. The van der Waals surface area contributed by atoms with Crippen molar-refractivity contribution in [3.8, 4) is 0 Å². The first-order chi connectivity index (χ1) is 12.6. The van der Waals surface area contributed by atoms with Crippen LogP contribution in [0.5, 0.6) is 0 Å². The Balaban J connectivity index is 1.45. The summed E-state index contributed by atoms with van der Waals surface area (Å²) in [6.07, 6.45) is 6.52. The molecular weight excluding hydrogens is 324 g/mol. The van der Waals surface area contributed by atoms with Gasteiger partial charge in [-0.25, -0.2) is 0 Å². The lowest BCUT2D eigenvalue weighted by atomic mass is 9.78. The van der Waals surface area contributed by atoms with Crippen LogP contribution >= 0.6 is 0 Å². The van der Waals surface area contributed by atoms with Crippen molar-refractivity contribution >= 4 is 5.91 Å². The summed E-state index contributed by atoms with van der Waals surface area (Å²) in [5.41, 5.74) is 2.78. The molecule has 2 aliphatic rings. The van der Waals surface area contributed by atoms with Gasteiger partial charge in [-0.05, 0) is 38.7 Å². The minimum atomic E-state index is 0.0214. The van der Waals surface area contributed by atoms with Gasteiger partial charge in [0.05, 0.1) is 5.92 Å². The third-order valence-electron chi connectivity index (χ3n) is 6.29. The summed E-state index contributed by atoms with van der Waals surface area (Å²) >= 11 is 0. The number of nitrogens with one attached hydrogen (secondary N) is 1. The highest BCUT2D eigenvalue weighted by atomic mass is 16.1. The smallest absolute Gasteiger partial charge is 0.224 e. The third kappa shape index (κ3) is 3.15. The molecule has 1 fully saturated rings. The average molecular weight is 352 g/mol. The Morgan fingerprint density at radius 1 is 1.27 bits per heavy atom. The number of amides is 1. The number of aromatic nitrogens is 3. The number of aryl methyl sites for hydroxylation is 3.